The van der Waals surface area contributed by atoms with Gasteiger partial charge in [-0.15, -0.1) is 11.6 Å². The maximum absolute atomic E-state index is 13.9. The number of hydrogen-bond acceptors (Lipinski definition) is 1. The first-order valence-corrected chi connectivity index (χ1v) is 8.24. The van der Waals surface area contributed by atoms with Gasteiger partial charge in [-0.1, -0.05) is 31.9 Å². The van der Waals surface area contributed by atoms with E-state index in [0.29, 0.717) is 17.3 Å². The van der Waals surface area contributed by atoms with Gasteiger partial charge in [0.2, 0.25) is 0 Å². The number of fused-ring (bicyclic) bond motifs is 1. The highest BCUT2D eigenvalue weighted by Gasteiger charge is 2.31. The van der Waals surface area contributed by atoms with Gasteiger partial charge in [0.05, 0.1) is 21.9 Å². The number of alkyl halides is 1. The number of aromatic nitrogens is 2. The third kappa shape index (κ3) is 2.78. The number of hydrogen-bond donors (Lipinski definition) is 0. The van der Waals surface area contributed by atoms with Gasteiger partial charge in [-0.25, -0.2) is 9.37 Å². The molecular formula is C16H19Cl2FN2. The van der Waals surface area contributed by atoms with E-state index in [1.165, 1.54) is 18.9 Å². The molecule has 1 saturated carbocycles. The minimum Gasteiger partial charge on any atom is -0.324 e. The third-order valence-electron chi connectivity index (χ3n) is 4.47. The SMILES string of the molecule is CC1(C)CCCC(n2c(CCl)nc3cc(Cl)c(F)cc32)C1. The van der Waals surface area contributed by atoms with Crippen LogP contribution < -0.4 is 0 Å². The molecule has 1 unspecified atom stereocenters. The molecule has 3 rings (SSSR count). The number of imidazole rings is 1. The summed E-state index contributed by atoms with van der Waals surface area (Å²) < 4.78 is 16.0. The number of rotatable bonds is 2. The average molecular weight is 329 g/mol. The zero-order valence-electron chi connectivity index (χ0n) is 12.3. The van der Waals surface area contributed by atoms with Crippen molar-refractivity contribution in [1.82, 2.24) is 9.55 Å². The van der Waals surface area contributed by atoms with Crippen LogP contribution in [0.4, 0.5) is 4.39 Å². The first-order chi connectivity index (χ1) is 9.91. The van der Waals surface area contributed by atoms with Crippen molar-refractivity contribution in [3.8, 4) is 0 Å². The van der Waals surface area contributed by atoms with Crippen LogP contribution >= 0.6 is 23.2 Å². The van der Waals surface area contributed by atoms with E-state index in [-0.39, 0.29) is 5.02 Å². The van der Waals surface area contributed by atoms with Gasteiger partial charge >= 0.3 is 0 Å². The van der Waals surface area contributed by atoms with Gasteiger partial charge in [0.25, 0.3) is 0 Å². The van der Waals surface area contributed by atoms with Crippen molar-refractivity contribution in [2.75, 3.05) is 0 Å². The highest BCUT2D eigenvalue weighted by molar-refractivity contribution is 6.31. The predicted molar refractivity (Wildman–Crippen MR) is 85.5 cm³/mol. The lowest BCUT2D eigenvalue weighted by atomic mass is 9.75. The lowest BCUT2D eigenvalue weighted by Crippen LogP contribution is -2.25. The maximum atomic E-state index is 13.9. The van der Waals surface area contributed by atoms with Gasteiger partial charge in [0, 0.05) is 12.1 Å². The Morgan fingerprint density at radius 1 is 1.43 bits per heavy atom. The standard InChI is InChI=1S/C16H19Cl2FN2/c1-16(2)5-3-4-10(8-16)21-14-7-12(19)11(18)6-13(14)20-15(21)9-17/h6-7,10H,3-5,8-9H2,1-2H3. The van der Waals surface area contributed by atoms with Gasteiger partial charge < -0.3 is 4.57 Å². The molecule has 0 spiro atoms. The molecule has 0 amide bonds. The van der Waals surface area contributed by atoms with Gasteiger partial charge in [-0.2, -0.15) is 0 Å². The number of halogens is 3. The van der Waals surface area contributed by atoms with Crippen molar-refractivity contribution in [3.05, 3.63) is 28.8 Å². The van der Waals surface area contributed by atoms with Gasteiger partial charge in [-0.3, -0.25) is 0 Å². The molecule has 1 aliphatic rings. The molecule has 1 aromatic heterocycles. The molecule has 1 aliphatic carbocycles. The molecule has 1 heterocycles. The minimum absolute atomic E-state index is 0.109. The summed E-state index contributed by atoms with van der Waals surface area (Å²) in [6.45, 7) is 4.58. The van der Waals surface area contributed by atoms with Crippen LogP contribution in [0.2, 0.25) is 5.02 Å². The first kappa shape index (κ1) is 15.1. The summed E-state index contributed by atoms with van der Waals surface area (Å²) in [6, 6.07) is 3.41. The molecule has 2 aromatic rings. The van der Waals surface area contributed by atoms with Crippen molar-refractivity contribution in [2.45, 2.75) is 51.5 Å². The van der Waals surface area contributed by atoms with Crippen LogP contribution in [0.1, 0.15) is 51.4 Å². The van der Waals surface area contributed by atoms with Crippen LogP contribution in [-0.4, -0.2) is 9.55 Å². The second-order valence-corrected chi connectivity index (χ2v) is 7.38. The third-order valence-corrected chi connectivity index (χ3v) is 5.00. The Bertz CT molecular complexity index is 678. The smallest absolute Gasteiger partial charge is 0.144 e. The highest BCUT2D eigenvalue weighted by atomic mass is 35.5. The van der Waals surface area contributed by atoms with Crippen LogP contribution in [0.15, 0.2) is 12.1 Å². The Labute approximate surface area is 134 Å². The summed E-state index contributed by atoms with van der Waals surface area (Å²) in [6.07, 6.45) is 4.55. The Balaban J connectivity index is 2.14. The molecule has 1 fully saturated rings. The van der Waals surface area contributed by atoms with Gasteiger partial charge in [0.15, 0.2) is 0 Å². The van der Waals surface area contributed by atoms with E-state index in [1.54, 1.807) is 6.07 Å². The normalized spacial score (nSPS) is 21.9. The van der Waals surface area contributed by atoms with E-state index in [2.05, 4.69) is 23.4 Å². The molecule has 0 saturated heterocycles. The molecule has 0 N–H and O–H groups in total. The first-order valence-electron chi connectivity index (χ1n) is 7.33. The summed E-state index contributed by atoms with van der Waals surface area (Å²) in [7, 11) is 0. The second kappa shape index (κ2) is 5.44. The van der Waals surface area contributed by atoms with Crippen LogP contribution in [0.25, 0.3) is 11.0 Å². The Hall–Kier alpha value is -0.800. The monoisotopic (exact) mass is 328 g/mol. The summed E-state index contributed by atoms with van der Waals surface area (Å²) in [5, 5.41) is 0.109. The minimum atomic E-state index is -0.401. The van der Waals surface area contributed by atoms with Gasteiger partial charge in [0.1, 0.15) is 11.6 Å². The quantitative estimate of drug-likeness (QED) is 0.645. The van der Waals surface area contributed by atoms with Crippen LogP contribution in [0, 0.1) is 11.2 Å². The zero-order valence-corrected chi connectivity index (χ0v) is 13.8. The largest absolute Gasteiger partial charge is 0.324 e. The summed E-state index contributed by atoms with van der Waals surface area (Å²) in [4.78, 5) is 4.54. The average Bonchev–Trinajstić information content (AvgIpc) is 2.75. The Morgan fingerprint density at radius 3 is 2.86 bits per heavy atom. The lowest BCUT2D eigenvalue weighted by Gasteiger charge is -2.36. The molecule has 0 aliphatic heterocycles. The van der Waals surface area contributed by atoms with E-state index in [4.69, 9.17) is 23.2 Å². The Kier molecular flexibility index (Phi) is 3.91. The molecule has 5 heteroatoms. The fourth-order valence-electron chi connectivity index (χ4n) is 3.52. The van der Waals surface area contributed by atoms with E-state index in [1.807, 2.05) is 0 Å². The zero-order chi connectivity index (χ0) is 15.2. The van der Waals surface area contributed by atoms with Crippen molar-refractivity contribution < 1.29 is 4.39 Å². The topological polar surface area (TPSA) is 17.8 Å². The highest BCUT2D eigenvalue weighted by Crippen LogP contribution is 2.43. The predicted octanol–water partition coefficient (Wildman–Crippen LogP) is 5.71. The van der Waals surface area contributed by atoms with E-state index >= 15 is 0 Å². The summed E-state index contributed by atoms with van der Waals surface area (Å²) in [5.74, 6) is 0.725. The van der Waals surface area contributed by atoms with Crippen molar-refractivity contribution in [3.63, 3.8) is 0 Å². The fraction of sp³-hybridized carbons (Fsp3) is 0.562. The van der Waals surface area contributed by atoms with E-state index in [9.17, 15) is 4.39 Å². The molecule has 2 nitrogen and oxygen atoms in total. The number of benzene rings is 1. The molecule has 1 atom stereocenters. The molecule has 1 aromatic carbocycles. The van der Waals surface area contributed by atoms with Gasteiger partial charge in [-0.05, 0) is 30.7 Å². The molecule has 0 bridgehead atoms. The molecule has 114 valence electrons. The lowest BCUT2D eigenvalue weighted by molar-refractivity contribution is 0.184. The fourth-order valence-corrected chi connectivity index (χ4v) is 3.87. The number of nitrogens with zero attached hydrogens (tertiary/aromatic N) is 2. The summed E-state index contributed by atoms with van der Waals surface area (Å²) >= 11 is 11.9. The maximum Gasteiger partial charge on any atom is 0.144 e. The Morgan fingerprint density at radius 2 is 2.19 bits per heavy atom. The second-order valence-electron chi connectivity index (χ2n) is 6.70. The van der Waals surface area contributed by atoms with Crippen molar-refractivity contribution in [1.29, 1.82) is 0 Å². The van der Waals surface area contributed by atoms with Crippen LogP contribution in [0.5, 0.6) is 0 Å². The van der Waals surface area contributed by atoms with Crippen molar-refractivity contribution >= 4 is 34.2 Å². The van der Waals surface area contributed by atoms with Crippen molar-refractivity contribution in [2.24, 2.45) is 5.41 Å². The van der Waals surface area contributed by atoms with Crippen LogP contribution in [-0.2, 0) is 5.88 Å². The molecular weight excluding hydrogens is 310 g/mol. The van der Waals surface area contributed by atoms with Crippen LogP contribution in [0.3, 0.4) is 0 Å². The molecule has 21 heavy (non-hydrogen) atoms. The molecule has 0 radical (unpaired) electrons. The van der Waals surface area contributed by atoms with E-state index in [0.717, 1.165) is 29.7 Å². The summed E-state index contributed by atoms with van der Waals surface area (Å²) in [5.41, 5.74) is 1.82. The van der Waals surface area contributed by atoms with E-state index < -0.39 is 5.82 Å².